The number of nitrogens with two attached hydrogens (primary N) is 1. The fraction of sp³-hybridized carbons (Fsp3) is 0.538. The van der Waals surface area contributed by atoms with E-state index in [1.165, 1.54) is 12.8 Å². The molecule has 1 aliphatic rings. The summed E-state index contributed by atoms with van der Waals surface area (Å²) in [5.74, 6) is 2.43. The van der Waals surface area contributed by atoms with Gasteiger partial charge in [-0.2, -0.15) is 0 Å². The number of anilines is 2. The van der Waals surface area contributed by atoms with Crippen LogP contribution in [-0.2, 0) is 0 Å². The highest BCUT2D eigenvalue weighted by molar-refractivity contribution is 5.61. The normalized spacial score (nSPS) is 16.9. The third kappa shape index (κ3) is 2.60. The summed E-state index contributed by atoms with van der Waals surface area (Å²) in [5, 5.41) is 3.43. The Labute approximate surface area is 97.0 Å². The molecule has 3 N–H and O–H groups in total. The maximum atomic E-state index is 5.76. The van der Waals surface area contributed by atoms with E-state index < -0.39 is 0 Å². The number of ether oxygens (including phenoxy) is 1. The highest BCUT2D eigenvalue weighted by Gasteiger charge is 2.27. The van der Waals surface area contributed by atoms with Crippen molar-refractivity contribution in [3.05, 3.63) is 18.2 Å². The topological polar surface area (TPSA) is 47.3 Å². The second-order valence-corrected chi connectivity index (χ2v) is 4.65. The number of hydrogen-bond acceptors (Lipinski definition) is 3. The zero-order chi connectivity index (χ0) is 11.5. The summed E-state index contributed by atoms with van der Waals surface area (Å²) in [7, 11) is 1.64. The Morgan fingerprint density at radius 2 is 2.25 bits per heavy atom. The molecule has 1 aromatic carbocycles. The molecule has 2 rings (SSSR count). The molecule has 1 atom stereocenters. The van der Waals surface area contributed by atoms with E-state index >= 15 is 0 Å². The van der Waals surface area contributed by atoms with E-state index in [1.807, 2.05) is 18.2 Å². The molecule has 0 aromatic heterocycles. The summed E-state index contributed by atoms with van der Waals surface area (Å²) in [6, 6.07) is 5.83. The minimum absolute atomic E-state index is 0.684. The van der Waals surface area contributed by atoms with Crippen molar-refractivity contribution in [1.29, 1.82) is 0 Å². The van der Waals surface area contributed by atoms with Crippen molar-refractivity contribution in [1.82, 2.24) is 0 Å². The van der Waals surface area contributed by atoms with E-state index in [2.05, 4.69) is 12.2 Å². The fourth-order valence-electron chi connectivity index (χ4n) is 1.93. The molecule has 0 saturated heterocycles. The molecule has 0 amide bonds. The Hall–Kier alpha value is -1.38. The van der Waals surface area contributed by atoms with Crippen LogP contribution in [0.1, 0.15) is 19.8 Å². The number of rotatable bonds is 5. The van der Waals surface area contributed by atoms with Crippen molar-refractivity contribution >= 4 is 11.4 Å². The van der Waals surface area contributed by atoms with E-state index in [0.29, 0.717) is 5.69 Å². The van der Waals surface area contributed by atoms with Crippen LogP contribution >= 0.6 is 0 Å². The van der Waals surface area contributed by atoms with Gasteiger partial charge in [0.05, 0.1) is 12.8 Å². The van der Waals surface area contributed by atoms with Gasteiger partial charge >= 0.3 is 0 Å². The molecule has 1 unspecified atom stereocenters. The summed E-state index contributed by atoms with van der Waals surface area (Å²) >= 11 is 0. The molecule has 0 heterocycles. The van der Waals surface area contributed by atoms with E-state index in [1.54, 1.807) is 7.11 Å². The molecule has 16 heavy (non-hydrogen) atoms. The Morgan fingerprint density at radius 3 is 2.88 bits per heavy atom. The molecule has 3 nitrogen and oxygen atoms in total. The quantitative estimate of drug-likeness (QED) is 0.750. The van der Waals surface area contributed by atoms with Crippen LogP contribution in [0.25, 0.3) is 0 Å². The standard InChI is InChI=1S/C13H20N2O/c1-9(10-3-4-10)8-15-11-5-6-12(14)13(7-11)16-2/h5-7,9-10,15H,3-4,8,14H2,1-2H3. The molecule has 88 valence electrons. The van der Waals surface area contributed by atoms with Gasteiger partial charge in [-0.3, -0.25) is 0 Å². The van der Waals surface area contributed by atoms with E-state index in [-0.39, 0.29) is 0 Å². The lowest BCUT2D eigenvalue weighted by Crippen LogP contribution is -2.12. The minimum Gasteiger partial charge on any atom is -0.495 e. The van der Waals surface area contributed by atoms with Crippen LogP contribution in [-0.4, -0.2) is 13.7 Å². The first-order chi connectivity index (χ1) is 7.70. The summed E-state index contributed by atoms with van der Waals surface area (Å²) < 4.78 is 5.19. The van der Waals surface area contributed by atoms with Crippen molar-refractivity contribution in [3.63, 3.8) is 0 Å². The number of methoxy groups -OCH3 is 1. The summed E-state index contributed by atoms with van der Waals surface area (Å²) in [4.78, 5) is 0. The maximum Gasteiger partial charge on any atom is 0.143 e. The highest BCUT2D eigenvalue weighted by Crippen LogP contribution is 2.36. The van der Waals surface area contributed by atoms with Crippen molar-refractivity contribution in [2.45, 2.75) is 19.8 Å². The summed E-state index contributed by atoms with van der Waals surface area (Å²) in [6.07, 6.45) is 2.79. The summed E-state index contributed by atoms with van der Waals surface area (Å²) in [5.41, 5.74) is 7.53. The zero-order valence-electron chi connectivity index (χ0n) is 9.99. The molecule has 1 fully saturated rings. The van der Waals surface area contributed by atoms with Gasteiger partial charge in [-0.25, -0.2) is 0 Å². The molecular weight excluding hydrogens is 200 g/mol. The van der Waals surface area contributed by atoms with Gasteiger partial charge in [0, 0.05) is 18.3 Å². The average Bonchev–Trinajstić information content (AvgIpc) is 3.11. The first kappa shape index (κ1) is 11.1. The maximum absolute atomic E-state index is 5.76. The van der Waals surface area contributed by atoms with E-state index in [4.69, 9.17) is 10.5 Å². The van der Waals surface area contributed by atoms with Crippen molar-refractivity contribution in [2.24, 2.45) is 11.8 Å². The van der Waals surface area contributed by atoms with Gasteiger partial charge in [0.1, 0.15) is 5.75 Å². The third-order valence-electron chi connectivity index (χ3n) is 3.29. The minimum atomic E-state index is 0.684. The molecule has 3 heteroatoms. The Morgan fingerprint density at radius 1 is 1.50 bits per heavy atom. The van der Waals surface area contributed by atoms with Gasteiger partial charge in [-0.1, -0.05) is 6.92 Å². The van der Waals surface area contributed by atoms with Crippen LogP contribution in [0.15, 0.2) is 18.2 Å². The van der Waals surface area contributed by atoms with Gasteiger partial charge < -0.3 is 15.8 Å². The van der Waals surface area contributed by atoms with Crippen molar-refractivity contribution in [3.8, 4) is 5.75 Å². The van der Waals surface area contributed by atoms with Crippen molar-refractivity contribution in [2.75, 3.05) is 24.7 Å². The van der Waals surface area contributed by atoms with Crippen molar-refractivity contribution < 1.29 is 4.74 Å². The van der Waals surface area contributed by atoms with Gasteiger partial charge in [0.25, 0.3) is 0 Å². The molecular formula is C13H20N2O. The predicted octanol–water partition coefficient (Wildman–Crippen LogP) is 2.74. The smallest absolute Gasteiger partial charge is 0.143 e. The Bertz CT molecular complexity index is 361. The molecule has 0 radical (unpaired) electrons. The number of nitrogens with one attached hydrogen (secondary N) is 1. The number of nitrogen functional groups attached to an aromatic ring is 1. The predicted molar refractivity (Wildman–Crippen MR) is 67.8 cm³/mol. The third-order valence-corrected chi connectivity index (χ3v) is 3.29. The zero-order valence-corrected chi connectivity index (χ0v) is 9.99. The molecule has 0 bridgehead atoms. The van der Waals surface area contributed by atoms with E-state index in [9.17, 15) is 0 Å². The Balaban J connectivity index is 1.93. The first-order valence-electron chi connectivity index (χ1n) is 5.88. The molecule has 1 aliphatic carbocycles. The Kier molecular flexibility index (Phi) is 3.22. The average molecular weight is 220 g/mol. The lowest BCUT2D eigenvalue weighted by molar-refractivity contribution is 0.417. The largest absolute Gasteiger partial charge is 0.495 e. The summed E-state index contributed by atoms with van der Waals surface area (Å²) in [6.45, 7) is 3.33. The first-order valence-corrected chi connectivity index (χ1v) is 5.88. The second-order valence-electron chi connectivity index (χ2n) is 4.65. The molecule has 1 aromatic rings. The van der Waals surface area contributed by atoms with Gasteiger partial charge in [-0.05, 0) is 36.8 Å². The van der Waals surface area contributed by atoms with Gasteiger partial charge in [-0.15, -0.1) is 0 Å². The molecule has 1 saturated carbocycles. The second kappa shape index (κ2) is 4.64. The van der Waals surface area contributed by atoms with Crippen LogP contribution in [0.4, 0.5) is 11.4 Å². The lowest BCUT2D eigenvalue weighted by Gasteiger charge is -2.13. The highest BCUT2D eigenvalue weighted by atomic mass is 16.5. The van der Waals surface area contributed by atoms with Crippen LogP contribution in [0.5, 0.6) is 5.75 Å². The molecule has 0 aliphatic heterocycles. The lowest BCUT2D eigenvalue weighted by atomic mass is 10.1. The van der Waals surface area contributed by atoms with Gasteiger partial charge in [0.15, 0.2) is 0 Å². The van der Waals surface area contributed by atoms with Crippen LogP contribution < -0.4 is 15.8 Å². The fourth-order valence-corrected chi connectivity index (χ4v) is 1.93. The van der Waals surface area contributed by atoms with Crippen LogP contribution in [0, 0.1) is 11.8 Å². The number of benzene rings is 1. The van der Waals surface area contributed by atoms with Gasteiger partial charge in [0.2, 0.25) is 0 Å². The van der Waals surface area contributed by atoms with E-state index in [0.717, 1.165) is 29.8 Å². The van der Waals surface area contributed by atoms with Crippen LogP contribution in [0.2, 0.25) is 0 Å². The monoisotopic (exact) mass is 220 g/mol. The van der Waals surface area contributed by atoms with Crippen LogP contribution in [0.3, 0.4) is 0 Å². The number of hydrogen-bond donors (Lipinski definition) is 2. The SMILES string of the molecule is COc1cc(NCC(C)C2CC2)ccc1N. The molecule has 0 spiro atoms.